The first-order valence-electron chi connectivity index (χ1n) is 8.07. The number of amides is 1. The van der Waals surface area contributed by atoms with E-state index in [1.165, 1.54) is 0 Å². The molecule has 1 aromatic heterocycles. The van der Waals surface area contributed by atoms with E-state index in [0.29, 0.717) is 12.1 Å². The minimum Gasteiger partial charge on any atom is -0.456 e. The highest BCUT2D eigenvalue weighted by atomic mass is 79.9. The van der Waals surface area contributed by atoms with Crippen LogP contribution < -0.4 is 5.32 Å². The number of aromatic nitrogens is 1. The van der Waals surface area contributed by atoms with E-state index in [2.05, 4.69) is 26.2 Å². The molecule has 2 aromatic carbocycles. The van der Waals surface area contributed by atoms with Gasteiger partial charge in [-0.15, -0.1) is 11.3 Å². The molecule has 0 spiro atoms. The van der Waals surface area contributed by atoms with Gasteiger partial charge in [0.15, 0.2) is 6.61 Å². The number of halogens is 1. The van der Waals surface area contributed by atoms with Crippen molar-refractivity contribution in [3.05, 3.63) is 57.5 Å². The number of ether oxygens (including phenoxy) is 1. The van der Waals surface area contributed by atoms with E-state index >= 15 is 0 Å². The smallest absolute Gasteiger partial charge is 0.306 e. The Labute approximate surface area is 163 Å². The van der Waals surface area contributed by atoms with Gasteiger partial charge in [-0.2, -0.15) is 0 Å². The van der Waals surface area contributed by atoms with E-state index in [1.54, 1.807) is 17.4 Å². The molecule has 0 bridgehead atoms. The number of esters is 1. The van der Waals surface area contributed by atoms with Crippen LogP contribution in [0.4, 0.5) is 5.69 Å². The van der Waals surface area contributed by atoms with Gasteiger partial charge < -0.3 is 10.1 Å². The third-order valence-corrected chi connectivity index (χ3v) is 5.67. The van der Waals surface area contributed by atoms with Gasteiger partial charge in [0.05, 0.1) is 21.6 Å². The van der Waals surface area contributed by atoms with Crippen molar-refractivity contribution in [3.8, 4) is 0 Å². The predicted octanol–water partition coefficient (Wildman–Crippen LogP) is 4.48. The normalized spacial score (nSPS) is 10.7. The van der Waals surface area contributed by atoms with Gasteiger partial charge in [-0.25, -0.2) is 4.98 Å². The molecule has 0 aliphatic carbocycles. The van der Waals surface area contributed by atoms with Gasteiger partial charge in [-0.05, 0) is 42.8 Å². The van der Waals surface area contributed by atoms with Gasteiger partial charge in [0.2, 0.25) is 0 Å². The van der Waals surface area contributed by atoms with Gasteiger partial charge >= 0.3 is 5.97 Å². The number of carbonyl (C=O) groups excluding carboxylic acids is 2. The summed E-state index contributed by atoms with van der Waals surface area (Å²) in [6.45, 7) is 1.63. The quantitative estimate of drug-likeness (QED) is 0.582. The molecule has 0 radical (unpaired) electrons. The summed E-state index contributed by atoms with van der Waals surface area (Å²) in [5.41, 5.74) is 2.61. The number of fused-ring (bicyclic) bond motifs is 1. The molecule has 3 rings (SSSR count). The number of hydrogen-bond donors (Lipinski definition) is 1. The van der Waals surface area contributed by atoms with E-state index < -0.39 is 5.97 Å². The Morgan fingerprint density at radius 1 is 1.23 bits per heavy atom. The van der Waals surface area contributed by atoms with Crippen molar-refractivity contribution in [2.45, 2.75) is 19.8 Å². The van der Waals surface area contributed by atoms with Gasteiger partial charge in [0.1, 0.15) is 0 Å². The van der Waals surface area contributed by atoms with Crippen molar-refractivity contribution in [2.24, 2.45) is 0 Å². The summed E-state index contributed by atoms with van der Waals surface area (Å²) in [7, 11) is 0. The summed E-state index contributed by atoms with van der Waals surface area (Å²) in [6, 6.07) is 13.3. The first-order chi connectivity index (χ1) is 12.5. The minimum absolute atomic E-state index is 0.199. The zero-order valence-corrected chi connectivity index (χ0v) is 16.5. The molecule has 5 nitrogen and oxygen atoms in total. The second-order valence-corrected chi connectivity index (χ2v) is 7.72. The van der Waals surface area contributed by atoms with Crippen LogP contribution in [0.3, 0.4) is 0 Å². The SMILES string of the molecule is Cc1cc(NC(=O)COC(=O)CCc2nc3ccccc3s2)ccc1Br. The molecule has 3 aromatic rings. The molecule has 0 saturated carbocycles. The number of thiazole rings is 1. The molecule has 0 aliphatic heterocycles. The molecule has 0 saturated heterocycles. The highest BCUT2D eigenvalue weighted by molar-refractivity contribution is 9.10. The zero-order valence-electron chi connectivity index (χ0n) is 14.1. The maximum atomic E-state index is 11.9. The fourth-order valence-corrected chi connectivity index (χ4v) is 3.59. The largest absolute Gasteiger partial charge is 0.456 e. The average Bonchev–Trinajstić information content (AvgIpc) is 3.04. The van der Waals surface area contributed by atoms with Gasteiger partial charge in [0.25, 0.3) is 5.91 Å². The standard InChI is InChI=1S/C19H17BrN2O3S/c1-12-10-13(6-7-14(12)20)21-17(23)11-25-19(24)9-8-18-22-15-4-2-3-5-16(15)26-18/h2-7,10H,8-9,11H2,1H3,(H,21,23). The lowest BCUT2D eigenvalue weighted by atomic mass is 10.2. The van der Waals surface area contributed by atoms with E-state index in [1.807, 2.05) is 43.3 Å². The number of anilines is 1. The summed E-state index contributed by atoms with van der Waals surface area (Å²) in [4.78, 5) is 28.2. The number of carbonyl (C=O) groups is 2. The van der Waals surface area contributed by atoms with Crippen molar-refractivity contribution in [2.75, 3.05) is 11.9 Å². The molecule has 0 atom stereocenters. The second kappa shape index (κ2) is 8.42. The Balaban J connectivity index is 1.44. The van der Waals surface area contributed by atoms with Crippen LogP contribution in [0.15, 0.2) is 46.9 Å². The van der Waals surface area contributed by atoms with Crippen molar-refractivity contribution < 1.29 is 14.3 Å². The minimum atomic E-state index is -0.411. The second-order valence-electron chi connectivity index (χ2n) is 5.75. The fourth-order valence-electron chi connectivity index (χ4n) is 2.37. The van der Waals surface area contributed by atoms with E-state index in [0.717, 1.165) is 25.3 Å². The van der Waals surface area contributed by atoms with Crippen LogP contribution in [0.5, 0.6) is 0 Å². The summed E-state index contributed by atoms with van der Waals surface area (Å²) in [5.74, 6) is -0.772. The lowest BCUT2D eigenvalue weighted by Gasteiger charge is -2.08. The fraction of sp³-hybridized carbons (Fsp3) is 0.211. The van der Waals surface area contributed by atoms with Gasteiger partial charge in [-0.3, -0.25) is 9.59 Å². The molecule has 0 unspecified atom stereocenters. The van der Waals surface area contributed by atoms with Crippen LogP contribution in [0.2, 0.25) is 0 Å². The molecule has 1 N–H and O–H groups in total. The summed E-state index contributed by atoms with van der Waals surface area (Å²) >= 11 is 4.97. The van der Waals surface area contributed by atoms with Gasteiger partial charge in [0, 0.05) is 16.6 Å². The van der Waals surface area contributed by atoms with Crippen molar-refractivity contribution in [1.82, 2.24) is 4.98 Å². The number of para-hydroxylation sites is 1. The first-order valence-corrected chi connectivity index (χ1v) is 9.68. The highest BCUT2D eigenvalue weighted by Crippen LogP contribution is 2.22. The van der Waals surface area contributed by atoms with Crippen molar-refractivity contribution in [3.63, 3.8) is 0 Å². The monoisotopic (exact) mass is 432 g/mol. The maximum absolute atomic E-state index is 11.9. The number of aryl methyl sites for hydroxylation is 2. The molecule has 1 heterocycles. The van der Waals surface area contributed by atoms with Crippen molar-refractivity contribution >= 4 is 55.0 Å². The molecular formula is C19H17BrN2O3S. The van der Waals surface area contributed by atoms with Crippen LogP contribution in [-0.4, -0.2) is 23.5 Å². The van der Waals surface area contributed by atoms with E-state index in [9.17, 15) is 9.59 Å². The van der Waals surface area contributed by atoms with E-state index in [-0.39, 0.29) is 18.9 Å². The van der Waals surface area contributed by atoms with Crippen LogP contribution in [0, 0.1) is 6.92 Å². The highest BCUT2D eigenvalue weighted by Gasteiger charge is 2.11. The molecule has 0 fully saturated rings. The number of benzene rings is 2. The summed E-state index contributed by atoms with van der Waals surface area (Å²) in [5, 5.41) is 3.60. The molecule has 0 aliphatic rings. The Kier molecular flexibility index (Phi) is 6.00. The van der Waals surface area contributed by atoms with Gasteiger partial charge in [-0.1, -0.05) is 28.1 Å². The topological polar surface area (TPSA) is 68.3 Å². The van der Waals surface area contributed by atoms with Crippen LogP contribution >= 0.6 is 27.3 Å². The number of rotatable bonds is 6. The van der Waals surface area contributed by atoms with Crippen LogP contribution in [0.25, 0.3) is 10.2 Å². The molecule has 26 heavy (non-hydrogen) atoms. The average molecular weight is 433 g/mol. The maximum Gasteiger partial charge on any atom is 0.306 e. The Morgan fingerprint density at radius 3 is 2.81 bits per heavy atom. The number of hydrogen-bond acceptors (Lipinski definition) is 5. The Bertz CT molecular complexity index is 922. The zero-order chi connectivity index (χ0) is 18.5. The third-order valence-electron chi connectivity index (χ3n) is 3.69. The molecule has 7 heteroatoms. The number of nitrogens with one attached hydrogen (secondary N) is 1. The third kappa shape index (κ3) is 4.89. The first kappa shape index (κ1) is 18.5. The molecular weight excluding hydrogens is 416 g/mol. The Hall–Kier alpha value is -2.25. The van der Waals surface area contributed by atoms with Crippen LogP contribution in [-0.2, 0) is 20.7 Å². The molecule has 1 amide bonds. The van der Waals surface area contributed by atoms with E-state index in [4.69, 9.17) is 4.74 Å². The Morgan fingerprint density at radius 2 is 2.04 bits per heavy atom. The summed E-state index contributed by atoms with van der Waals surface area (Å²) in [6.07, 6.45) is 0.705. The molecule has 134 valence electrons. The predicted molar refractivity (Wildman–Crippen MR) is 106 cm³/mol. The summed E-state index contributed by atoms with van der Waals surface area (Å²) < 4.78 is 7.11. The van der Waals surface area contributed by atoms with Crippen molar-refractivity contribution in [1.29, 1.82) is 0 Å². The lowest BCUT2D eigenvalue weighted by Crippen LogP contribution is -2.21. The lowest BCUT2D eigenvalue weighted by molar-refractivity contribution is -0.147. The van der Waals surface area contributed by atoms with Crippen LogP contribution in [0.1, 0.15) is 17.0 Å². The number of nitrogens with zero attached hydrogens (tertiary/aromatic N) is 1.